The molecule has 0 aromatic heterocycles. The topological polar surface area (TPSA) is 106 Å². The summed E-state index contributed by atoms with van der Waals surface area (Å²) in [7, 11) is 0. The summed E-state index contributed by atoms with van der Waals surface area (Å²) in [6.45, 7) is -0.550. The van der Waals surface area contributed by atoms with E-state index >= 15 is 0 Å². The van der Waals surface area contributed by atoms with Gasteiger partial charge in [-0.25, -0.2) is 0 Å². The Morgan fingerprint density at radius 1 is 1.43 bits per heavy atom. The van der Waals surface area contributed by atoms with Crippen LogP contribution in [0.15, 0.2) is 0 Å². The van der Waals surface area contributed by atoms with Crippen molar-refractivity contribution in [1.82, 2.24) is 0 Å². The van der Waals surface area contributed by atoms with E-state index in [2.05, 4.69) is 0 Å². The molecule has 82 valence electrons. The van der Waals surface area contributed by atoms with Gasteiger partial charge in [-0.2, -0.15) is 0 Å². The van der Waals surface area contributed by atoms with Crippen molar-refractivity contribution in [2.75, 3.05) is 6.67 Å². The Kier molecular flexibility index (Phi) is 5.78. The number of primary amides is 1. The molecule has 0 saturated carbocycles. The van der Waals surface area contributed by atoms with E-state index in [4.69, 9.17) is 16.6 Å². The van der Waals surface area contributed by atoms with E-state index in [0.717, 1.165) is 0 Å². The number of carboxylic acid groups (broad SMARTS) is 1. The molecule has 0 aliphatic rings. The monoisotopic (exact) mass is 206 g/mol. The van der Waals surface area contributed by atoms with E-state index in [0.29, 0.717) is 0 Å². The van der Waals surface area contributed by atoms with Gasteiger partial charge < -0.3 is 16.6 Å². The predicted molar refractivity (Wildman–Crippen MR) is 48.1 cm³/mol. The van der Waals surface area contributed by atoms with Crippen molar-refractivity contribution in [3.8, 4) is 0 Å². The van der Waals surface area contributed by atoms with Crippen LogP contribution in [0.25, 0.3) is 0 Å². The summed E-state index contributed by atoms with van der Waals surface area (Å²) in [5.41, 5.74) is 10.2. The summed E-state index contributed by atoms with van der Waals surface area (Å²) < 4.78 is 11.8. The van der Waals surface area contributed by atoms with Gasteiger partial charge in [0, 0.05) is 5.92 Å². The molecule has 5 nitrogen and oxygen atoms in total. The van der Waals surface area contributed by atoms with Crippen LogP contribution >= 0.6 is 0 Å². The molecule has 6 heteroatoms. The van der Waals surface area contributed by atoms with Gasteiger partial charge in [-0.1, -0.05) is 0 Å². The quantitative estimate of drug-likeness (QED) is 0.528. The number of carbonyl (C=O) groups is 2. The molecule has 2 atom stereocenters. The summed E-state index contributed by atoms with van der Waals surface area (Å²) in [6.07, 6.45) is 0.400. The minimum Gasteiger partial charge on any atom is -0.480 e. The normalized spacial score (nSPS) is 14.7. The highest BCUT2D eigenvalue weighted by molar-refractivity contribution is 5.79. The van der Waals surface area contributed by atoms with Crippen LogP contribution in [0.1, 0.15) is 19.3 Å². The lowest BCUT2D eigenvalue weighted by Gasteiger charge is -2.14. The van der Waals surface area contributed by atoms with Gasteiger partial charge in [0.15, 0.2) is 0 Å². The van der Waals surface area contributed by atoms with Gasteiger partial charge in [-0.05, 0) is 19.3 Å². The first kappa shape index (κ1) is 12.8. The number of hydrogen-bond acceptors (Lipinski definition) is 3. The van der Waals surface area contributed by atoms with Gasteiger partial charge in [0.1, 0.15) is 6.04 Å². The number of hydrogen-bond donors (Lipinski definition) is 3. The van der Waals surface area contributed by atoms with Crippen molar-refractivity contribution in [2.45, 2.75) is 25.3 Å². The molecule has 0 fully saturated rings. The molecule has 0 spiro atoms. The Morgan fingerprint density at radius 2 is 2.00 bits per heavy atom. The van der Waals surface area contributed by atoms with Crippen molar-refractivity contribution in [3.05, 3.63) is 0 Å². The molecular formula is C8H15FN2O3. The van der Waals surface area contributed by atoms with Crippen LogP contribution in [0.4, 0.5) is 4.39 Å². The van der Waals surface area contributed by atoms with Gasteiger partial charge in [0.2, 0.25) is 5.91 Å². The first-order valence-corrected chi connectivity index (χ1v) is 4.32. The minimum atomic E-state index is -1.18. The number of nitrogens with two attached hydrogens (primary N) is 2. The van der Waals surface area contributed by atoms with E-state index in [1.165, 1.54) is 0 Å². The summed E-state index contributed by atoms with van der Waals surface area (Å²) in [6, 6.07) is -1.12. The molecule has 1 unspecified atom stereocenters. The maximum absolute atomic E-state index is 11.8. The number of halogens is 1. The maximum Gasteiger partial charge on any atom is 0.320 e. The lowest BCUT2D eigenvalue weighted by molar-refractivity contribution is -0.139. The van der Waals surface area contributed by atoms with Crippen LogP contribution in [0.3, 0.4) is 0 Å². The van der Waals surface area contributed by atoms with Crippen LogP contribution in [0.5, 0.6) is 0 Å². The predicted octanol–water partition coefficient (Wildman–Crippen LogP) is -0.360. The first-order chi connectivity index (χ1) is 6.49. The van der Waals surface area contributed by atoms with Gasteiger partial charge in [0.25, 0.3) is 0 Å². The van der Waals surface area contributed by atoms with Crippen LogP contribution < -0.4 is 11.5 Å². The zero-order valence-electron chi connectivity index (χ0n) is 7.78. The average Bonchev–Trinajstić information content (AvgIpc) is 2.10. The van der Waals surface area contributed by atoms with Crippen molar-refractivity contribution < 1.29 is 19.1 Å². The van der Waals surface area contributed by atoms with Gasteiger partial charge in [-0.15, -0.1) is 0 Å². The molecule has 0 saturated heterocycles. The lowest BCUT2D eigenvalue weighted by Crippen LogP contribution is -2.36. The van der Waals surface area contributed by atoms with E-state index in [1.54, 1.807) is 0 Å². The first-order valence-electron chi connectivity index (χ1n) is 4.32. The fourth-order valence-electron chi connectivity index (χ4n) is 1.11. The second-order valence-electron chi connectivity index (χ2n) is 3.11. The molecule has 14 heavy (non-hydrogen) atoms. The Hall–Kier alpha value is -1.17. The van der Waals surface area contributed by atoms with Gasteiger partial charge in [0.05, 0.1) is 6.67 Å². The summed E-state index contributed by atoms with van der Waals surface area (Å²) in [5, 5.41) is 8.49. The maximum atomic E-state index is 11.8. The van der Waals surface area contributed by atoms with E-state index in [1.807, 2.05) is 0 Å². The highest BCUT2D eigenvalue weighted by Crippen LogP contribution is 2.12. The second kappa shape index (κ2) is 6.31. The number of amides is 1. The Balaban J connectivity index is 4.08. The average molecular weight is 206 g/mol. The SMILES string of the molecule is NC(=O)[C@@H](CCCF)CC(N)C(=O)O. The van der Waals surface area contributed by atoms with E-state index in [9.17, 15) is 14.0 Å². The molecule has 1 amide bonds. The van der Waals surface area contributed by atoms with Crippen molar-refractivity contribution in [3.63, 3.8) is 0 Å². The second-order valence-corrected chi connectivity index (χ2v) is 3.11. The highest BCUT2D eigenvalue weighted by atomic mass is 19.1. The third-order valence-electron chi connectivity index (χ3n) is 1.94. The molecule has 0 aromatic carbocycles. The van der Waals surface area contributed by atoms with Gasteiger partial charge >= 0.3 is 5.97 Å². The number of carboxylic acids is 1. The fourth-order valence-corrected chi connectivity index (χ4v) is 1.11. The summed E-state index contributed by atoms with van der Waals surface area (Å²) in [5.74, 6) is -2.47. The van der Waals surface area contributed by atoms with E-state index < -0.39 is 30.5 Å². The third-order valence-corrected chi connectivity index (χ3v) is 1.94. The molecule has 0 aliphatic heterocycles. The molecule has 0 rings (SSSR count). The Labute approximate surface area is 81.3 Å². The molecular weight excluding hydrogens is 191 g/mol. The van der Waals surface area contributed by atoms with Crippen LogP contribution in [0, 0.1) is 5.92 Å². The molecule has 0 aromatic rings. The Morgan fingerprint density at radius 3 is 2.36 bits per heavy atom. The number of rotatable bonds is 7. The minimum absolute atomic E-state index is 0.0370. The van der Waals surface area contributed by atoms with Crippen LogP contribution in [0.2, 0.25) is 0 Å². The lowest BCUT2D eigenvalue weighted by atomic mass is 9.95. The summed E-state index contributed by atoms with van der Waals surface area (Å²) in [4.78, 5) is 21.2. The molecule has 0 aliphatic carbocycles. The Bertz CT molecular complexity index is 211. The molecule has 5 N–H and O–H groups in total. The zero-order chi connectivity index (χ0) is 11.1. The standard InChI is InChI=1S/C8H15FN2O3/c9-3-1-2-5(7(11)12)4-6(10)8(13)14/h5-6H,1-4,10H2,(H2,11,12)(H,13,14)/t5-,6?/m0/s1. The van der Waals surface area contributed by atoms with Crippen molar-refractivity contribution >= 4 is 11.9 Å². The molecule has 0 heterocycles. The van der Waals surface area contributed by atoms with Crippen molar-refractivity contribution in [1.29, 1.82) is 0 Å². The van der Waals surface area contributed by atoms with Gasteiger partial charge in [-0.3, -0.25) is 14.0 Å². The number of aliphatic carboxylic acids is 1. The largest absolute Gasteiger partial charge is 0.480 e. The van der Waals surface area contributed by atoms with Crippen LogP contribution in [-0.4, -0.2) is 29.7 Å². The smallest absolute Gasteiger partial charge is 0.320 e. The number of carbonyl (C=O) groups excluding carboxylic acids is 1. The van der Waals surface area contributed by atoms with Crippen molar-refractivity contribution in [2.24, 2.45) is 17.4 Å². The van der Waals surface area contributed by atoms with Crippen LogP contribution in [-0.2, 0) is 9.59 Å². The van der Waals surface area contributed by atoms with E-state index in [-0.39, 0.29) is 19.3 Å². The fraction of sp³-hybridized carbons (Fsp3) is 0.750. The highest BCUT2D eigenvalue weighted by Gasteiger charge is 2.22. The zero-order valence-corrected chi connectivity index (χ0v) is 7.78. The third kappa shape index (κ3) is 4.76. The summed E-state index contributed by atoms with van der Waals surface area (Å²) >= 11 is 0. The number of alkyl halides is 1. The molecule has 0 bridgehead atoms. The molecule has 0 radical (unpaired) electrons.